The molecule has 1 heterocycles. The summed E-state index contributed by atoms with van der Waals surface area (Å²) in [6, 6.07) is 4.08. The number of carbonyl (C=O) groups excluding carboxylic acids is 1. The summed E-state index contributed by atoms with van der Waals surface area (Å²) in [5, 5.41) is 8.88. The molecule has 19 heavy (non-hydrogen) atoms. The van der Waals surface area contributed by atoms with E-state index >= 15 is 0 Å². The van der Waals surface area contributed by atoms with Gasteiger partial charge in [0.05, 0.1) is 17.6 Å². The van der Waals surface area contributed by atoms with E-state index in [-0.39, 0.29) is 17.0 Å². The molecule has 0 saturated carbocycles. The molecular formula is C14H14F2N2O. The Kier molecular flexibility index (Phi) is 3.79. The molecule has 3 nitrogen and oxygen atoms in total. The zero-order valence-electron chi connectivity index (χ0n) is 10.6. The Balaban J connectivity index is 2.25. The van der Waals surface area contributed by atoms with Gasteiger partial charge in [0.25, 0.3) is 5.91 Å². The van der Waals surface area contributed by atoms with Crippen LogP contribution in [-0.2, 0) is 0 Å². The van der Waals surface area contributed by atoms with Crippen LogP contribution in [0.2, 0.25) is 0 Å². The first-order valence-corrected chi connectivity index (χ1v) is 6.17. The quantitative estimate of drug-likeness (QED) is 0.782. The predicted octanol–water partition coefficient (Wildman–Crippen LogP) is 2.65. The molecule has 0 bridgehead atoms. The Labute approximate surface area is 110 Å². The number of likely N-dealkylation sites (tertiary alicyclic amines) is 1. The molecule has 1 fully saturated rings. The molecule has 0 radical (unpaired) electrons. The minimum Gasteiger partial charge on any atom is -0.337 e. The van der Waals surface area contributed by atoms with Gasteiger partial charge in [-0.1, -0.05) is 0 Å². The van der Waals surface area contributed by atoms with Crippen molar-refractivity contribution in [3.05, 3.63) is 34.9 Å². The van der Waals surface area contributed by atoms with Crippen LogP contribution in [-0.4, -0.2) is 23.9 Å². The molecule has 1 aromatic rings. The van der Waals surface area contributed by atoms with Crippen molar-refractivity contribution in [1.29, 1.82) is 5.26 Å². The molecule has 2 rings (SSSR count). The van der Waals surface area contributed by atoms with Crippen LogP contribution in [0.1, 0.15) is 28.8 Å². The highest BCUT2D eigenvalue weighted by molar-refractivity contribution is 5.94. The van der Waals surface area contributed by atoms with Gasteiger partial charge in [0, 0.05) is 19.2 Å². The van der Waals surface area contributed by atoms with Gasteiger partial charge in [-0.2, -0.15) is 5.26 Å². The third-order valence-electron chi connectivity index (χ3n) is 3.37. The maximum atomic E-state index is 13.7. The Morgan fingerprint density at radius 1 is 1.42 bits per heavy atom. The first-order chi connectivity index (χ1) is 9.02. The van der Waals surface area contributed by atoms with Crippen LogP contribution in [0, 0.1) is 35.8 Å². The van der Waals surface area contributed by atoms with Crippen molar-refractivity contribution in [2.45, 2.75) is 19.8 Å². The molecule has 0 aliphatic carbocycles. The van der Waals surface area contributed by atoms with Gasteiger partial charge < -0.3 is 4.90 Å². The normalized spacial score (nSPS) is 19.1. The van der Waals surface area contributed by atoms with E-state index < -0.39 is 17.5 Å². The van der Waals surface area contributed by atoms with Gasteiger partial charge in [0.1, 0.15) is 11.6 Å². The number of piperidine rings is 1. The third-order valence-corrected chi connectivity index (χ3v) is 3.37. The fraction of sp³-hybridized carbons (Fsp3) is 0.429. The second kappa shape index (κ2) is 5.35. The maximum absolute atomic E-state index is 13.7. The molecule has 5 heteroatoms. The van der Waals surface area contributed by atoms with Crippen molar-refractivity contribution in [1.82, 2.24) is 4.90 Å². The summed E-state index contributed by atoms with van der Waals surface area (Å²) in [5.74, 6) is -2.20. The predicted molar refractivity (Wildman–Crippen MR) is 65.3 cm³/mol. The topological polar surface area (TPSA) is 44.1 Å². The average Bonchev–Trinajstić information content (AvgIpc) is 2.42. The first-order valence-electron chi connectivity index (χ1n) is 6.17. The van der Waals surface area contributed by atoms with E-state index in [0.717, 1.165) is 18.9 Å². The van der Waals surface area contributed by atoms with Crippen LogP contribution in [0.15, 0.2) is 12.1 Å². The molecule has 1 aliphatic heterocycles. The summed E-state index contributed by atoms with van der Waals surface area (Å²) in [4.78, 5) is 13.7. The molecule has 1 aromatic carbocycles. The van der Waals surface area contributed by atoms with Gasteiger partial charge in [0.2, 0.25) is 0 Å². The average molecular weight is 264 g/mol. The van der Waals surface area contributed by atoms with Gasteiger partial charge in [0.15, 0.2) is 0 Å². The van der Waals surface area contributed by atoms with Crippen LogP contribution in [0.3, 0.4) is 0 Å². The second-order valence-electron chi connectivity index (χ2n) is 4.80. The number of rotatable bonds is 1. The van der Waals surface area contributed by atoms with Gasteiger partial charge >= 0.3 is 0 Å². The molecule has 1 aliphatic rings. The Morgan fingerprint density at radius 3 is 2.84 bits per heavy atom. The molecule has 0 spiro atoms. The minimum atomic E-state index is -0.854. The lowest BCUT2D eigenvalue weighted by molar-refractivity contribution is 0.0694. The van der Waals surface area contributed by atoms with E-state index in [1.165, 1.54) is 17.9 Å². The first kappa shape index (κ1) is 13.5. The monoisotopic (exact) mass is 264 g/mol. The zero-order chi connectivity index (χ0) is 14.0. The summed E-state index contributed by atoms with van der Waals surface area (Å²) < 4.78 is 26.8. The van der Waals surface area contributed by atoms with Crippen LogP contribution in [0.4, 0.5) is 8.78 Å². The lowest BCUT2D eigenvalue weighted by atomic mass is 9.98. The van der Waals surface area contributed by atoms with Crippen LogP contribution < -0.4 is 0 Å². The number of nitrogens with zero attached hydrogens (tertiary/aromatic N) is 2. The molecule has 1 unspecified atom stereocenters. The van der Waals surface area contributed by atoms with Gasteiger partial charge in [-0.15, -0.1) is 0 Å². The van der Waals surface area contributed by atoms with Crippen molar-refractivity contribution in [2.24, 2.45) is 5.92 Å². The van der Waals surface area contributed by atoms with E-state index in [4.69, 9.17) is 5.26 Å². The number of carbonyl (C=O) groups is 1. The number of hydrogen-bond acceptors (Lipinski definition) is 2. The van der Waals surface area contributed by atoms with Crippen LogP contribution in [0.5, 0.6) is 0 Å². The summed E-state index contributed by atoms with van der Waals surface area (Å²) in [7, 11) is 0. The molecular weight excluding hydrogens is 250 g/mol. The molecule has 0 N–H and O–H groups in total. The van der Waals surface area contributed by atoms with Gasteiger partial charge in [-0.25, -0.2) is 8.78 Å². The van der Waals surface area contributed by atoms with Gasteiger partial charge in [-0.3, -0.25) is 4.79 Å². The standard InChI is InChI=1S/C14H14F2N2O/c1-9-5-11(13(16)6-12(9)15)14(19)18-4-2-3-10(7-17)8-18/h5-6,10H,2-4,8H2,1H3. The fourth-order valence-electron chi connectivity index (χ4n) is 2.26. The third kappa shape index (κ3) is 2.73. The number of aryl methyl sites for hydroxylation is 1. The molecule has 1 saturated heterocycles. The highest BCUT2D eigenvalue weighted by Crippen LogP contribution is 2.21. The Bertz CT molecular complexity index is 551. The lowest BCUT2D eigenvalue weighted by Crippen LogP contribution is -2.39. The Hall–Kier alpha value is -1.96. The number of hydrogen-bond donors (Lipinski definition) is 0. The van der Waals surface area contributed by atoms with Crippen LogP contribution in [0.25, 0.3) is 0 Å². The van der Waals surface area contributed by atoms with Crippen molar-refractivity contribution in [2.75, 3.05) is 13.1 Å². The number of amides is 1. The highest BCUT2D eigenvalue weighted by Gasteiger charge is 2.26. The zero-order valence-corrected chi connectivity index (χ0v) is 10.6. The fourth-order valence-corrected chi connectivity index (χ4v) is 2.26. The second-order valence-corrected chi connectivity index (χ2v) is 4.80. The van der Waals surface area contributed by atoms with Crippen molar-refractivity contribution < 1.29 is 13.6 Å². The number of nitriles is 1. The number of halogens is 2. The van der Waals surface area contributed by atoms with Crippen molar-refractivity contribution in [3.8, 4) is 6.07 Å². The highest BCUT2D eigenvalue weighted by atomic mass is 19.1. The molecule has 1 amide bonds. The van der Waals surface area contributed by atoms with Crippen LogP contribution >= 0.6 is 0 Å². The minimum absolute atomic E-state index is 0.127. The molecule has 1 atom stereocenters. The van der Waals surface area contributed by atoms with E-state index in [0.29, 0.717) is 13.1 Å². The maximum Gasteiger partial charge on any atom is 0.256 e. The summed E-state index contributed by atoms with van der Waals surface area (Å²) in [5.41, 5.74) is 0.107. The smallest absolute Gasteiger partial charge is 0.256 e. The molecule has 100 valence electrons. The summed E-state index contributed by atoms with van der Waals surface area (Å²) >= 11 is 0. The van der Waals surface area contributed by atoms with E-state index in [2.05, 4.69) is 6.07 Å². The van der Waals surface area contributed by atoms with E-state index in [9.17, 15) is 13.6 Å². The summed E-state index contributed by atoms with van der Waals surface area (Å²) in [6.07, 6.45) is 1.48. The molecule has 0 aromatic heterocycles. The number of benzene rings is 1. The van der Waals surface area contributed by atoms with Gasteiger partial charge in [-0.05, 0) is 31.4 Å². The van der Waals surface area contributed by atoms with Crippen molar-refractivity contribution >= 4 is 5.91 Å². The Morgan fingerprint density at radius 2 is 2.16 bits per heavy atom. The van der Waals surface area contributed by atoms with E-state index in [1.807, 2.05) is 0 Å². The summed E-state index contributed by atoms with van der Waals surface area (Å²) in [6.45, 7) is 2.30. The SMILES string of the molecule is Cc1cc(C(=O)N2CCCC(C#N)C2)c(F)cc1F. The van der Waals surface area contributed by atoms with Crippen molar-refractivity contribution in [3.63, 3.8) is 0 Å². The van der Waals surface area contributed by atoms with E-state index in [1.54, 1.807) is 0 Å². The largest absolute Gasteiger partial charge is 0.337 e. The lowest BCUT2D eigenvalue weighted by Gasteiger charge is -2.29.